The summed E-state index contributed by atoms with van der Waals surface area (Å²) in [5, 5.41) is 0.152. The van der Waals surface area contributed by atoms with E-state index in [2.05, 4.69) is 9.97 Å². The molecule has 0 atom stereocenters. The van der Waals surface area contributed by atoms with Crippen LogP contribution >= 0.6 is 0 Å². The first-order chi connectivity index (χ1) is 13.6. The van der Waals surface area contributed by atoms with E-state index in [-0.39, 0.29) is 22.6 Å². The van der Waals surface area contributed by atoms with Gasteiger partial charge in [0.05, 0.1) is 10.9 Å². The van der Waals surface area contributed by atoms with Crippen molar-refractivity contribution in [1.82, 2.24) is 19.4 Å². The second kappa shape index (κ2) is 6.15. The van der Waals surface area contributed by atoms with Crippen molar-refractivity contribution >= 4 is 34.2 Å². The number of rotatable bonds is 3. The zero-order valence-electron chi connectivity index (χ0n) is 15.0. The third kappa shape index (κ3) is 2.49. The van der Waals surface area contributed by atoms with Crippen LogP contribution < -0.4 is 15.9 Å². The van der Waals surface area contributed by atoms with Crippen LogP contribution in [0.4, 0.5) is 10.2 Å². The number of aromatic nitrogens is 3. The van der Waals surface area contributed by atoms with Gasteiger partial charge in [-0.15, -0.1) is 0 Å². The Hall–Kier alpha value is -3.23. The molecule has 0 radical (unpaired) electrons. The molecule has 0 aromatic carbocycles. The van der Waals surface area contributed by atoms with Gasteiger partial charge in [-0.3, -0.25) is 14.4 Å². The second-order valence-electron chi connectivity index (χ2n) is 7.29. The molecule has 5 rings (SSSR count). The molecule has 144 valence electrons. The van der Waals surface area contributed by atoms with Gasteiger partial charge in [0.25, 0.3) is 5.56 Å². The Bertz CT molecular complexity index is 1220. The van der Waals surface area contributed by atoms with Crippen LogP contribution in [0.3, 0.4) is 0 Å². The summed E-state index contributed by atoms with van der Waals surface area (Å²) in [6.07, 6.45) is 4.15. The van der Waals surface area contributed by atoms with Gasteiger partial charge >= 0.3 is 0 Å². The number of amides is 1. The molecule has 9 heteroatoms. The number of fused-ring (bicyclic) bond motifs is 2. The van der Waals surface area contributed by atoms with Gasteiger partial charge in [0, 0.05) is 38.4 Å². The summed E-state index contributed by atoms with van der Waals surface area (Å²) in [5.74, 6) is -0.422. The Morgan fingerprint density at radius 1 is 1.18 bits per heavy atom. The fourth-order valence-corrected chi connectivity index (χ4v) is 3.92. The van der Waals surface area contributed by atoms with Gasteiger partial charge in [-0.05, 0) is 25.0 Å². The monoisotopic (exact) mass is 383 g/mol. The van der Waals surface area contributed by atoms with Gasteiger partial charge in [-0.25, -0.2) is 9.37 Å². The molecular formula is C19H18FN5O3. The van der Waals surface area contributed by atoms with Crippen LogP contribution in [0.1, 0.15) is 18.9 Å². The van der Waals surface area contributed by atoms with Gasteiger partial charge in [0.1, 0.15) is 11.0 Å². The van der Waals surface area contributed by atoms with E-state index in [1.807, 2.05) is 4.57 Å². The predicted octanol–water partition coefficient (Wildman–Crippen LogP) is 0.990. The Labute approximate surface area is 158 Å². The number of aromatic amines is 1. The van der Waals surface area contributed by atoms with Crippen LogP contribution in [0.15, 0.2) is 27.9 Å². The van der Waals surface area contributed by atoms with Crippen LogP contribution in [0, 0.1) is 5.82 Å². The molecule has 0 spiro atoms. The van der Waals surface area contributed by atoms with E-state index >= 15 is 0 Å². The Morgan fingerprint density at radius 2 is 1.93 bits per heavy atom. The van der Waals surface area contributed by atoms with Crippen LogP contribution in [-0.4, -0.2) is 52.0 Å². The van der Waals surface area contributed by atoms with Crippen molar-refractivity contribution in [2.24, 2.45) is 0 Å². The molecule has 1 aliphatic carbocycles. The first-order valence-corrected chi connectivity index (χ1v) is 9.29. The Balaban J connectivity index is 1.76. The first-order valence-electron chi connectivity index (χ1n) is 9.29. The maximum absolute atomic E-state index is 14.9. The number of piperazine rings is 1. The molecule has 1 saturated carbocycles. The zero-order chi connectivity index (χ0) is 19.4. The topological polar surface area (TPSA) is 91.3 Å². The van der Waals surface area contributed by atoms with E-state index in [4.69, 9.17) is 0 Å². The van der Waals surface area contributed by atoms with Gasteiger partial charge in [-0.1, -0.05) is 0 Å². The normalized spacial score (nSPS) is 17.5. The molecule has 1 aliphatic heterocycles. The molecule has 1 amide bonds. The number of carbonyl (C=O) groups is 1. The van der Waals surface area contributed by atoms with Crippen molar-refractivity contribution in [2.45, 2.75) is 18.9 Å². The van der Waals surface area contributed by atoms with Crippen LogP contribution in [0.5, 0.6) is 0 Å². The molecule has 0 unspecified atom stereocenters. The quantitative estimate of drug-likeness (QED) is 0.538. The zero-order valence-corrected chi connectivity index (χ0v) is 15.0. The number of hydrogen-bond acceptors (Lipinski definition) is 5. The average molecular weight is 383 g/mol. The highest BCUT2D eigenvalue weighted by Gasteiger charge is 2.30. The molecule has 2 aliphatic rings. The van der Waals surface area contributed by atoms with Gasteiger partial charge in [-0.2, -0.15) is 0 Å². The number of halogens is 1. The molecular weight excluding hydrogens is 365 g/mol. The van der Waals surface area contributed by atoms with Crippen LogP contribution in [0.2, 0.25) is 0 Å². The smallest absolute Gasteiger partial charge is 0.261 e. The fraction of sp³-hybridized carbons (Fsp3) is 0.368. The van der Waals surface area contributed by atoms with E-state index in [9.17, 15) is 18.8 Å². The fourth-order valence-electron chi connectivity index (χ4n) is 3.92. The summed E-state index contributed by atoms with van der Waals surface area (Å²) in [5.41, 5.74) is -0.0554. The number of carbonyl (C=O) groups excluding carboxylic acids is 1. The van der Waals surface area contributed by atoms with E-state index in [0.29, 0.717) is 37.3 Å². The SMILES string of the molecule is O=CN1CCN(c2nc3c(cc2F)c(=O)c2c(=O)[nH]ccc2n3C2CC2)CC1. The summed E-state index contributed by atoms with van der Waals surface area (Å²) < 4.78 is 16.8. The predicted molar refractivity (Wildman–Crippen MR) is 102 cm³/mol. The minimum Gasteiger partial charge on any atom is -0.351 e. The van der Waals surface area contributed by atoms with E-state index in [1.54, 1.807) is 15.9 Å². The molecule has 8 nitrogen and oxygen atoms in total. The lowest BCUT2D eigenvalue weighted by atomic mass is 10.1. The third-order valence-corrected chi connectivity index (χ3v) is 5.51. The molecule has 3 aromatic heterocycles. The summed E-state index contributed by atoms with van der Waals surface area (Å²) >= 11 is 0. The Kier molecular flexibility index (Phi) is 3.71. The Morgan fingerprint density at radius 3 is 2.61 bits per heavy atom. The molecule has 4 heterocycles. The molecule has 3 aromatic rings. The number of anilines is 1. The van der Waals surface area contributed by atoms with Gasteiger partial charge in [0.2, 0.25) is 11.8 Å². The lowest BCUT2D eigenvalue weighted by molar-refractivity contribution is -0.118. The molecule has 2 fully saturated rings. The third-order valence-electron chi connectivity index (χ3n) is 5.51. The maximum Gasteiger partial charge on any atom is 0.261 e. The highest BCUT2D eigenvalue weighted by atomic mass is 19.1. The van der Waals surface area contributed by atoms with Crippen LogP contribution in [0.25, 0.3) is 21.9 Å². The van der Waals surface area contributed by atoms with Crippen molar-refractivity contribution in [3.63, 3.8) is 0 Å². The standard InChI is InChI=1S/C19H18FN5O3/c20-13-9-12-16(27)15-14(3-4-21-19(15)28)25(11-1-2-11)17(12)22-18(13)24-7-5-23(10-26)6-8-24/h3-4,9-11H,1-2,5-8H2,(H,21,28). The van der Waals surface area contributed by atoms with E-state index < -0.39 is 16.8 Å². The van der Waals surface area contributed by atoms with Crippen molar-refractivity contribution in [1.29, 1.82) is 0 Å². The average Bonchev–Trinajstić information content (AvgIpc) is 3.53. The van der Waals surface area contributed by atoms with E-state index in [0.717, 1.165) is 19.3 Å². The number of hydrogen-bond donors (Lipinski definition) is 1. The van der Waals surface area contributed by atoms with Crippen LogP contribution in [-0.2, 0) is 4.79 Å². The van der Waals surface area contributed by atoms with Crippen molar-refractivity contribution in [3.8, 4) is 0 Å². The van der Waals surface area contributed by atoms with Crippen molar-refractivity contribution < 1.29 is 9.18 Å². The largest absolute Gasteiger partial charge is 0.351 e. The van der Waals surface area contributed by atoms with Gasteiger partial charge < -0.3 is 19.4 Å². The summed E-state index contributed by atoms with van der Waals surface area (Å²) in [7, 11) is 0. The number of nitrogens with zero attached hydrogens (tertiary/aromatic N) is 4. The number of H-pyrrole nitrogens is 1. The first kappa shape index (κ1) is 16.9. The number of pyridine rings is 3. The lowest BCUT2D eigenvalue weighted by Gasteiger charge is -2.33. The highest BCUT2D eigenvalue weighted by molar-refractivity contribution is 5.92. The highest BCUT2D eigenvalue weighted by Crippen LogP contribution is 2.39. The lowest BCUT2D eigenvalue weighted by Crippen LogP contribution is -2.46. The molecule has 1 saturated heterocycles. The summed E-state index contributed by atoms with van der Waals surface area (Å²) in [6, 6.07) is 3.03. The molecule has 28 heavy (non-hydrogen) atoms. The molecule has 0 bridgehead atoms. The van der Waals surface area contributed by atoms with E-state index in [1.165, 1.54) is 12.3 Å². The maximum atomic E-state index is 14.9. The second-order valence-corrected chi connectivity index (χ2v) is 7.29. The summed E-state index contributed by atoms with van der Waals surface area (Å²) in [4.78, 5) is 46.6. The minimum absolute atomic E-state index is 0.0375. The minimum atomic E-state index is -0.599. The number of nitrogens with one attached hydrogen (secondary N) is 1. The van der Waals surface area contributed by atoms with Crippen molar-refractivity contribution in [2.75, 3.05) is 31.1 Å². The van der Waals surface area contributed by atoms with Crippen molar-refractivity contribution in [3.05, 3.63) is 44.7 Å². The molecule has 1 N–H and O–H groups in total. The van der Waals surface area contributed by atoms with Gasteiger partial charge in [0.15, 0.2) is 11.6 Å². The summed E-state index contributed by atoms with van der Waals surface area (Å²) in [6.45, 7) is 1.92.